The van der Waals surface area contributed by atoms with E-state index in [1.807, 2.05) is 13.8 Å². The molecule has 1 fully saturated rings. The minimum Gasteiger partial charge on any atom is -0.474 e. The van der Waals surface area contributed by atoms with Crippen molar-refractivity contribution in [1.82, 2.24) is 9.97 Å². The Morgan fingerprint density at radius 3 is 2.82 bits per heavy atom. The Morgan fingerprint density at radius 1 is 1.47 bits per heavy atom. The van der Waals surface area contributed by atoms with Crippen molar-refractivity contribution in [2.24, 2.45) is 5.73 Å². The van der Waals surface area contributed by atoms with Gasteiger partial charge in [-0.05, 0) is 26.7 Å². The van der Waals surface area contributed by atoms with E-state index in [2.05, 4.69) is 14.9 Å². The summed E-state index contributed by atoms with van der Waals surface area (Å²) in [6.07, 6.45) is 5.98. The van der Waals surface area contributed by atoms with E-state index in [4.69, 9.17) is 10.5 Å². The molecular weight excluding hydrogens is 216 g/mol. The Labute approximate surface area is 102 Å². The van der Waals surface area contributed by atoms with Crippen LogP contribution in [0.25, 0.3) is 0 Å². The third kappa shape index (κ3) is 3.30. The van der Waals surface area contributed by atoms with Crippen molar-refractivity contribution < 1.29 is 4.74 Å². The fraction of sp³-hybridized carbons (Fsp3) is 0.667. The fourth-order valence-electron chi connectivity index (χ4n) is 1.78. The molecule has 1 aliphatic carbocycles. The van der Waals surface area contributed by atoms with Crippen LogP contribution in [-0.2, 0) is 0 Å². The fourth-order valence-corrected chi connectivity index (χ4v) is 1.78. The van der Waals surface area contributed by atoms with E-state index in [-0.39, 0.29) is 6.10 Å². The lowest BCUT2D eigenvalue weighted by Gasteiger charge is -2.22. The monoisotopic (exact) mass is 236 g/mol. The van der Waals surface area contributed by atoms with E-state index in [0.29, 0.717) is 18.5 Å². The van der Waals surface area contributed by atoms with Gasteiger partial charge in [-0.2, -0.15) is 4.98 Å². The van der Waals surface area contributed by atoms with Crippen LogP contribution >= 0.6 is 0 Å². The number of aromatic nitrogens is 2. The molecular formula is C12H20N4O. The number of ether oxygens (including phenoxy) is 1. The summed E-state index contributed by atoms with van der Waals surface area (Å²) in [5, 5.41) is 0. The van der Waals surface area contributed by atoms with Gasteiger partial charge in [0.2, 0.25) is 5.88 Å². The molecule has 94 valence electrons. The maximum absolute atomic E-state index is 5.63. The molecule has 1 heterocycles. The molecule has 0 saturated heterocycles. The number of hydrogen-bond acceptors (Lipinski definition) is 5. The van der Waals surface area contributed by atoms with Crippen LogP contribution in [0.1, 0.15) is 26.7 Å². The van der Waals surface area contributed by atoms with Gasteiger partial charge in [0.25, 0.3) is 0 Å². The topological polar surface area (TPSA) is 64.3 Å². The predicted molar refractivity (Wildman–Crippen MR) is 67.2 cm³/mol. The second-order valence-corrected chi connectivity index (χ2v) is 4.60. The number of nitrogens with zero attached hydrogens (tertiary/aromatic N) is 3. The molecule has 2 N–H and O–H groups in total. The molecule has 17 heavy (non-hydrogen) atoms. The molecule has 5 heteroatoms. The minimum absolute atomic E-state index is 0.114. The summed E-state index contributed by atoms with van der Waals surface area (Å²) in [4.78, 5) is 10.9. The first-order chi connectivity index (χ1) is 8.20. The summed E-state index contributed by atoms with van der Waals surface area (Å²) in [5.41, 5.74) is 5.63. The van der Waals surface area contributed by atoms with Gasteiger partial charge >= 0.3 is 0 Å². The van der Waals surface area contributed by atoms with Gasteiger partial charge in [0.15, 0.2) is 5.82 Å². The van der Waals surface area contributed by atoms with Crippen LogP contribution in [0.3, 0.4) is 0 Å². The normalized spacial score (nSPS) is 15.1. The molecule has 0 aliphatic heterocycles. The van der Waals surface area contributed by atoms with E-state index in [0.717, 1.165) is 12.4 Å². The van der Waals surface area contributed by atoms with Gasteiger partial charge in [-0.15, -0.1) is 0 Å². The third-order valence-electron chi connectivity index (χ3n) is 2.61. The van der Waals surface area contributed by atoms with Crippen molar-refractivity contribution in [2.45, 2.75) is 38.8 Å². The van der Waals surface area contributed by atoms with Crippen molar-refractivity contribution in [2.75, 3.05) is 18.0 Å². The zero-order valence-corrected chi connectivity index (χ0v) is 10.5. The Hall–Kier alpha value is -1.36. The average Bonchev–Trinajstić information content (AvgIpc) is 3.09. The highest BCUT2D eigenvalue weighted by molar-refractivity contribution is 5.40. The van der Waals surface area contributed by atoms with Crippen molar-refractivity contribution >= 4 is 5.82 Å². The van der Waals surface area contributed by atoms with Crippen LogP contribution in [-0.4, -0.2) is 35.2 Å². The summed E-state index contributed by atoms with van der Waals surface area (Å²) in [5.74, 6) is 1.45. The Bertz CT molecular complexity index is 365. The van der Waals surface area contributed by atoms with E-state index < -0.39 is 0 Å². The largest absolute Gasteiger partial charge is 0.474 e. The first-order valence-electron chi connectivity index (χ1n) is 6.16. The lowest BCUT2D eigenvalue weighted by Crippen LogP contribution is -2.32. The van der Waals surface area contributed by atoms with Crippen molar-refractivity contribution in [3.63, 3.8) is 0 Å². The van der Waals surface area contributed by atoms with Crippen LogP contribution in [0.5, 0.6) is 5.88 Å². The van der Waals surface area contributed by atoms with Crippen LogP contribution in [0.4, 0.5) is 5.82 Å². The molecule has 1 aliphatic rings. The quantitative estimate of drug-likeness (QED) is 0.803. The maximum atomic E-state index is 5.63. The molecule has 0 radical (unpaired) electrons. The van der Waals surface area contributed by atoms with Crippen LogP contribution < -0.4 is 15.4 Å². The van der Waals surface area contributed by atoms with E-state index >= 15 is 0 Å². The highest BCUT2D eigenvalue weighted by atomic mass is 16.5. The lowest BCUT2D eigenvalue weighted by molar-refractivity contribution is 0.231. The zero-order valence-electron chi connectivity index (χ0n) is 10.5. The molecule has 1 aromatic heterocycles. The van der Waals surface area contributed by atoms with Crippen LogP contribution in [0.15, 0.2) is 12.4 Å². The SMILES string of the molecule is CC(C)Oc1cncc(N(CCN)C2CC2)n1. The van der Waals surface area contributed by atoms with Crippen molar-refractivity contribution in [1.29, 1.82) is 0 Å². The van der Waals surface area contributed by atoms with E-state index in [1.54, 1.807) is 12.4 Å². The van der Waals surface area contributed by atoms with E-state index in [1.165, 1.54) is 12.8 Å². The zero-order chi connectivity index (χ0) is 12.3. The summed E-state index contributed by atoms with van der Waals surface area (Å²) in [6, 6.07) is 0.585. The van der Waals surface area contributed by atoms with Gasteiger partial charge in [-0.25, -0.2) is 0 Å². The van der Waals surface area contributed by atoms with Gasteiger partial charge in [0, 0.05) is 19.1 Å². The summed E-state index contributed by atoms with van der Waals surface area (Å²) in [7, 11) is 0. The first kappa shape index (κ1) is 12.1. The number of nitrogens with two attached hydrogens (primary N) is 1. The smallest absolute Gasteiger partial charge is 0.234 e. The lowest BCUT2D eigenvalue weighted by atomic mass is 10.4. The standard InChI is InChI=1S/C12H20N4O/c1-9(2)17-12-8-14-7-11(15-12)16(6-5-13)10-3-4-10/h7-10H,3-6,13H2,1-2H3. The van der Waals surface area contributed by atoms with Gasteiger partial charge < -0.3 is 15.4 Å². The van der Waals surface area contributed by atoms with Gasteiger partial charge in [-0.1, -0.05) is 0 Å². The molecule has 0 aromatic carbocycles. The molecule has 1 aromatic rings. The predicted octanol–water partition coefficient (Wildman–Crippen LogP) is 1.19. The highest BCUT2D eigenvalue weighted by Crippen LogP contribution is 2.30. The van der Waals surface area contributed by atoms with Gasteiger partial charge in [-0.3, -0.25) is 4.98 Å². The molecule has 0 bridgehead atoms. The Kier molecular flexibility index (Phi) is 3.78. The minimum atomic E-state index is 0.114. The molecule has 5 nitrogen and oxygen atoms in total. The molecule has 0 spiro atoms. The number of hydrogen-bond donors (Lipinski definition) is 1. The second-order valence-electron chi connectivity index (χ2n) is 4.60. The summed E-state index contributed by atoms with van der Waals surface area (Å²) < 4.78 is 5.55. The molecule has 0 atom stereocenters. The van der Waals surface area contributed by atoms with Gasteiger partial charge in [0.1, 0.15) is 0 Å². The maximum Gasteiger partial charge on any atom is 0.234 e. The van der Waals surface area contributed by atoms with E-state index in [9.17, 15) is 0 Å². The van der Waals surface area contributed by atoms with Crippen molar-refractivity contribution in [3.8, 4) is 5.88 Å². The molecule has 0 unspecified atom stereocenters. The van der Waals surface area contributed by atoms with Crippen LogP contribution in [0.2, 0.25) is 0 Å². The second kappa shape index (κ2) is 5.31. The first-order valence-corrected chi connectivity index (χ1v) is 6.16. The average molecular weight is 236 g/mol. The summed E-state index contributed by atoms with van der Waals surface area (Å²) in [6.45, 7) is 5.41. The molecule has 1 saturated carbocycles. The number of anilines is 1. The van der Waals surface area contributed by atoms with Gasteiger partial charge in [0.05, 0.1) is 18.5 Å². The number of rotatable bonds is 6. The Balaban J connectivity index is 2.12. The van der Waals surface area contributed by atoms with Crippen LogP contribution in [0, 0.1) is 0 Å². The molecule has 0 amide bonds. The highest BCUT2D eigenvalue weighted by Gasteiger charge is 2.29. The Morgan fingerprint density at radius 2 is 2.24 bits per heavy atom. The molecule has 2 rings (SSSR count). The third-order valence-corrected chi connectivity index (χ3v) is 2.61. The summed E-state index contributed by atoms with van der Waals surface area (Å²) >= 11 is 0. The van der Waals surface area contributed by atoms with Crippen molar-refractivity contribution in [3.05, 3.63) is 12.4 Å².